The van der Waals surface area contributed by atoms with Crippen LogP contribution < -0.4 is 20.7 Å². The molecular formula is C13H14N6O2. The van der Waals surface area contributed by atoms with Gasteiger partial charge in [0.25, 0.3) is 0 Å². The highest BCUT2D eigenvalue weighted by atomic mass is 16.5. The van der Waals surface area contributed by atoms with Crippen LogP contribution in [0.2, 0.25) is 0 Å². The van der Waals surface area contributed by atoms with E-state index in [1.807, 2.05) is 13.0 Å². The molecule has 8 nitrogen and oxygen atoms in total. The molecule has 3 N–H and O–H groups in total. The lowest BCUT2D eigenvalue weighted by Gasteiger charge is -2.08. The van der Waals surface area contributed by atoms with Crippen LogP contribution in [0.3, 0.4) is 0 Å². The number of hydrogen-bond acceptors (Lipinski definition) is 8. The number of anilines is 1. The summed E-state index contributed by atoms with van der Waals surface area (Å²) in [7, 11) is 0. The average molecular weight is 286 g/mol. The first-order chi connectivity index (χ1) is 10.2. The average Bonchev–Trinajstić information content (AvgIpc) is 2.53. The van der Waals surface area contributed by atoms with E-state index in [4.69, 9.17) is 20.6 Å². The maximum absolute atomic E-state index is 8.74. The van der Waals surface area contributed by atoms with Crippen molar-refractivity contribution in [3.05, 3.63) is 29.8 Å². The van der Waals surface area contributed by atoms with E-state index in [0.717, 1.165) is 6.42 Å². The number of nitrogen functional groups attached to an aromatic ring is 1. The van der Waals surface area contributed by atoms with Crippen LogP contribution in [0.5, 0.6) is 17.8 Å². The summed E-state index contributed by atoms with van der Waals surface area (Å²) in [6, 6.07) is 8.75. The van der Waals surface area contributed by atoms with Crippen LogP contribution in [0.25, 0.3) is 0 Å². The molecule has 2 rings (SSSR count). The number of aromatic nitrogens is 3. The number of hydrogen-bond donors (Lipinski definition) is 2. The smallest absolute Gasteiger partial charge is 0.330 e. The molecule has 1 heterocycles. The lowest BCUT2D eigenvalue weighted by atomic mass is 10.2. The monoisotopic (exact) mass is 286 g/mol. The third-order valence-corrected chi connectivity index (χ3v) is 2.35. The minimum atomic E-state index is 0.0498. The van der Waals surface area contributed by atoms with Crippen molar-refractivity contribution in [2.24, 2.45) is 5.84 Å². The third kappa shape index (κ3) is 4.02. The largest absolute Gasteiger partial charge is 0.463 e. The summed E-state index contributed by atoms with van der Waals surface area (Å²) in [6.45, 7) is 2.45. The van der Waals surface area contributed by atoms with Gasteiger partial charge in [-0.2, -0.15) is 15.2 Å². The van der Waals surface area contributed by atoms with Gasteiger partial charge in [-0.25, -0.2) is 5.84 Å². The van der Waals surface area contributed by atoms with E-state index in [1.165, 1.54) is 0 Å². The van der Waals surface area contributed by atoms with Crippen molar-refractivity contribution < 1.29 is 9.47 Å². The quantitative estimate of drug-likeness (QED) is 0.607. The van der Waals surface area contributed by atoms with Gasteiger partial charge >= 0.3 is 12.0 Å². The van der Waals surface area contributed by atoms with Gasteiger partial charge in [-0.05, 0) is 30.7 Å². The Bertz CT molecular complexity index is 638. The number of nitriles is 1. The number of nitrogens with one attached hydrogen (secondary N) is 1. The van der Waals surface area contributed by atoms with Gasteiger partial charge in [0.05, 0.1) is 18.2 Å². The van der Waals surface area contributed by atoms with Gasteiger partial charge in [0, 0.05) is 0 Å². The fourth-order valence-corrected chi connectivity index (χ4v) is 1.41. The fourth-order valence-electron chi connectivity index (χ4n) is 1.41. The zero-order chi connectivity index (χ0) is 15.1. The van der Waals surface area contributed by atoms with Gasteiger partial charge < -0.3 is 9.47 Å². The molecule has 21 heavy (non-hydrogen) atoms. The van der Waals surface area contributed by atoms with E-state index in [9.17, 15) is 0 Å². The maximum Gasteiger partial charge on any atom is 0.330 e. The molecule has 1 aromatic carbocycles. The standard InChI is InChI=1S/C13H14N6O2/c1-2-7-20-12-16-11(19-15)17-13(18-12)21-10-5-3-9(8-14)4-6-10/h3-6H,2,7,15H2,1H3,(H,16,17,18,19). The first kappa shape index (κ1) is 14.5. The van der Waals surface area contributed by atoms with Crippen LogP contribution in [0, 0.1) is 11.3 Å². The van der Waals surface area contributed by atoms with Crippen molar-refractivity contribution in [2.75, 3.05) is 12.0 Å². The molecule has 0 aliphatic carbocycles. The van der Waals surface area contributed by atoms with Gasteiger partial charge in [0.15, 0.2) is 0 Å². The first-order valence-corrected chi connectivity index (χ1v) is 6.28. The summed E-state index contributed by atoms with van der Waals surface area (Å²) in [5.74, 6) is 5.93. The zero-order valence-electron chi connectivity index (χ0n) is 11.4. The topological polar surface area (TPSA) is 119 Å². The van der Waals surface area contributed by atoms with Crippen LogP contribution in [0.1, 0.15) is 18.9 Å². The van der Waals surface area contributed by atoms with Crippen molar-refractivity contribution in [1.29, 1.82) is 5.26 Å². The molecule has 0 radical (unpaired) electrons. The van der Waals surface area contributed by atoms with Crippen LogP contribution in [0.4, 0.5) is 5.95 Å². The Morgan fingerprint density at radius 3 is 2.52 bits per heavy atom. The summed E-state index contributed by atoms with van der Waals surface area (Å²) in [6.07, 6.45) is 0.822. The Kier molecular flexibility index (Phi) is 4.84. The molecule has 0 spiro atoms. The van der Waals surface area contributed by atoms with Gasteiger partial charge in [-0.3, -0.25) is 5.43 Å². The Morgan fingerprint density at radius 2 is 1.90 bits per heavy atom. The number of hydrazine groups is 1. The van der Waals surface area contributed by atoms with E-state index < -0.39 is 0 Å². The molecule has 0 atom stereocenters. The molecule has 0 saturated carbocycles. The van der Waals surface area contributed by atoms with E-state index in [0.29, 0.717) is 17.9 Å². The number of nitrogens with zero attached hydrogens (tertiary/aromatic N) is 4. The summed E-state index contributed by atoms with van der Waals surface area (Å²) in [5.41, 5.74) is 2.86. The van der Waals surface area contributed by atoms with Gasteiger partial charge in [0.1, 0.15) is 5.75 Å². The van der Waals surface area contributed by atoms with Crippen LogP contribution in [-0.4, -0.2) is 21.6 Å². The van der Waals surface area contributed by atoms with Crippen LogP contribution >= 0.6 is 0 Å². The van der Waals surface area contributed by atoms with Crippen molar-refractivity contribution in [2.45, 2.75) is 13.3 Å². The second kappa shape index (κ2) is 7.02. The molecule has 0 saturated heterocycles. The predicted molar refractivity (Wildman–Crippen MR) is 74.7 cm³/mol. The summed E-state index contributed by atoms with van der Waals surface area (Å²) in [4.78, 5) is 12.0. The summed E-state index contributed by atoms with van der Waals surface area (Å²) in [5, 5.41) is 8.74. The first-order valence-electron chi connectivity index (χ1n) is 6.28. The molecule has 0 unspecified atom stereocenters. The van der Waals surface area contributed by atoms with Crippen molar-refractivity contribution in [1.82, 2.24) is 15.0 Å². The van der Waals surface area contributed by atoms with E-state index in [1.54, 1.807) is 24.3 Å². The summed E-state index contributed by atoms with van der Waals surface area (Å²) >= 11 is 0. The molecule has 8 heteroatoms. The number of benzene rings is 1. The normalized spacial score (nSPS) is 9.76. The molecule has 0 aliphatic heterocycles. The Balaban J connectivity index is 2.19. The second-order valence-electron chi connectivity index (χ2n) is 3.96. The molecular weight excluding hydrogens is 272 g/mol. The molecule has 1 aromatic heterocycles. The van der Waals surface area contributed by atoms with Crippen LogP contribution in [-0.2, 0) is 0 Å². The van der Waals surface area contributed by atoms with E-state index in [2.05, 4.69) is 20.4 Å². The van der Waals surface area contributed by atoms with Gasteiger partial charge in [-0.15, -0.1) is 4.98 Å². The minimum absolute atomic E-state index is 0.0498. The third-order valence-electron chi connectivity index (χ3n) is 2.35. The SMILES string of the molecule is CCCOc1nc(NN)nc(Oc2ccc(C#N)cc2)n1. The van der Waals surface area contributed by atoms with Crippen molar-refractivity contribution in [3.8, 4) is 23.8 Å². The zero-order valence-corrected chi connectivity index (χ0v) is 11.4. The highest BCUT2D eigenvalue weighted by molar-refractivity contribution is 5.36. The Labute approximate surface area is 121 Å². The highest BCUT2D eigenvalue weighted by Crippen LogP contribution is 2.20. The van der Waals surface area contributed by atoms with E-state index >= 15 is 0 Å². The Hall–Kier alpha value is -2.92. The number of rotatable bonds is 6. The second-order valence-corrected chi connectivity index (χ2v) is 3.96. The van der Waals surface area contributed by atoms with Gasteiger partial charge in [0.2, 0.25) is 5.95 Å². The lowest BCUT2D eigenvalue weighted by Crippen LogP contribution is -2.13. The van der Waals surface area contributed by atoms with Crippen LogP contribution in [0.15, 0.2) is 24.3 Å². The minimum Gasteiger partial charge on any atom is -0.463 e. The molecule has 108 valence electrons. The number of ether oxygens (including phenoxy) is 2. The molecule has 0 bridgehead atoms. The molecule has 2 aromatic rings. The Morgan fingerprint density at radius 1 is 1.19 bits per heavy atom. The number of nitrogens with two attached hydrogens (primary N) is 1. The maximum atomic E-state index is 8.74. The molecule has 0 amide bonds. The predicted octanol–water partition coefficient (Wildman–Crippen LogP) is 1.61. The van der Waals surface area contributed by atoms with Gasteiger partial charge in [-0.1, -0.05) is 6.92 Å². The van der Waals surface area contributed by atoms with E-state index in [-0.39, 0.29) is 18.0 Å². The lowest BCUT2D eigenvalue weighted by molar-refractivity contribution is 0.285. The van der Waals surface area contributed by atoms with Crippen molar-refractivity contribution in [3.63, 3.8) is 0 Å². The molecule has 0 aliphatic rings. The van der Waals surface area contributed by atoms with Crippen molar-refractivity contribution >= 4 is 5.95 Å². The molecule has 0 fully saturated rings. The fraction of sp³-hybridized carbons (Fsp3) is 0.231. The summed E-state index contributed by atoms with van der Waals surface area (Å²) < 4.78 is 10.8. The highest BCUT2D eigenvalue weighted by Gasteiger charge is 2.09.